The predicted octanol–water partition coefficient (Wildman–Crippen LogP) is 8.05. The number of ether oxygens (including phenoxy) is 3. The zero-order chi connectivity index (χ0) is 27.9. The highest BCUT2D eigenvalue weighted by Crippen LogP contribution is 2.30. The molecule has 1 fully saturated rings. The normalized spacial score (nSPS) is 14.9. The number of carbonyl (C=O) groups excluding carboxylic acids is 2. The molecule has 5 heteroatoms. The van der Waals surface area contributed by atoms with Gasteiger partial charge in [-0.15, -0.1) is 0 Å². The number of hydrogen-bond donors (Lipinski definition) is 0. The molecular weight excluding hydrogens is 476 g/mol. The molecule has 1 aliphatic rings. The Labute approximate surface area is 228 Å². The Hall–Kier alpha value is -3.08. The highest BCUT2D eigenvalue weighted by atomic mass is 16.6. The molecule has 0 unspecified atom stereocenters. The van der Waals surface area contributed by atoms with E-state index in [2.05, 4.69) is 0 Å². The molecule has 3 rings (SSSR count). The van der Waals surface area contributed by atoms with E-state index in [1.54, 1.807) is 26.0 Å². The van der Waals surface area contributed by atoms with Crippen molar-refractivity contribution in [3.63, 3.8) is 0 Å². The maximum atomic E-state index is 12.8. The molecular formula is C33H44O5. The molecule has 0 N–H and O–H groups in total. The standard InChI is InChI=1S/C33H44O5/c1-23-21-26(22-24(2)30(23)37-33(6,7)31(35)38-32(3,4)5)13-18-29(34)27-14-16-28(17-15-27)36-20-19-25-11-9-8-10-12-25/h13-18,21-22,25H,8-12,19-20H2,1-7H3/b18-13+. The van der Waals surface area contributed by atoms with Gasteiger partial charge in [0.25, 0.3) is 0 Å². The lowest BCUT2D eigenvalue weighted by Gasteiger charge is -2.30. The number of hydrogen-bond acceptors (Lipinski definition) is 5. The number of ketones is 1. The third-order valence-corrected chi connectivity index (χ3v) is 6.82. The van der Waals surface area contributed by atoms with E-state index in [1.165, 1.54) is 32.1 Å². The summed E-state index contributed by atoms with van der Waals surface area (Å²) in [7, 11) is 0. The first-order valence-electron chi connectivity index (χ1n) is 13.8. The van der Waals surface area contributed by atoms with Gasteiger partial charge < -0.3 is 14.2 Å². The quantitative estimate of drug-likeness (QED) is 0.180. The first-order valence-corrected chi connectivity index (χ1v) is 13.8. The Morgan fingerprint density at radius 1 is 0.921 bits per heavy atom. The summed E-state index contributed by atoms with van der Waals surface area (Å²) in [5.74, 6) is 1.75. The fraction of sp³-hybridized carbons (Fsp3) is 0.515. The lowest BCUT2D eigenvalue weighted by atomic mass is 9.87. The van der Waals surface area contributed by atoms with E-state index in [9.17, 15) is 9.59 Å². The van der Waals surface area contributed by atoms with Gasteiger partial charge in [-0.2, -0.15) is 0 Å². The second kappa shape index (κ2) is 12.6. The monoisotopic (exact) mass is 520 g/mol. The first kappa shape index (κ1) is 29.5. The summed E-state index contributed by atoms with van der Waals surface area (Å²) in [6.45, 7) is 13.5. The Morgan fingerprint density at radius 2 is 1.53 bits per heavy atom. The van der Waals surface area contributed by atoms with E-state index in [1.807, 2.05) is 71.0 Å². The molecule has 0 spiro atoms. The number of esters is 1. The zero-order valence-corrected chi connectivity index (χ0v) is 24.2. The highest BCUT2D eigenvalue weighted by Gasteiger charge is 2.35. The minimum atomic E-state index is -1.14. The van der Waals surface area contributed by atoms with Crippen LogP contribution >= 0.6 is 0 Å². The number of aryl methyl sites for hydroxylation is 2. The summed E-state index contributed by atoms with van der Waals surface area (Å²) in [5.41, 5.74) is 1.53. The summed E-state index contributed by atoms with van der Waals surface area (Å²) < 4.78 is 17.5. The number of rotatable bonds is 10. The Balaban J connectivity index is 1.58. The number of benzene rings is 2. The van der Waals surface area contributed by atoms with Crippen LogP contribution in [0.5, 0.6) is 11.5 Å². The summed E-state index contributed by atoms with van der Waals surface area (Å²) in [5, 5.41) is 0. The Bertz CT molecular complexity index is 1110. The maximum Gasteiger partial charge on any atom is 0.350 e. The molecule has 0 amide bonds. The fourth-order valence-corrected chi connectivity index (χ4v) is 4.74. The average molecular weight is 521 g/mol. The van der Waals surface area contributed by atoms with Crippen LogP contribution in [0.1, 0.15) is 100 Å². The molecule has 0 radical (unpaired) electrons. The zero-order valence-electron chi connectivity index (χ0n) is 24.2. The second-order valence-electron chi connectivity index (χ2n) is 12.0. The maximum absolute atomic E-state index is 12.8. The molecule has 2 aromatic carbocycles. The number of allylic oxidation sites excluding steroid dienone is 1. The smallest absolute Gasteiger partial charge is 0.350 e. The molecule has 5 nitrogen and oxygen atoms in total. The van der Waals surface area contributed by atoms with Crippen molar-refractivity contribution in [2.45, 2.75) is 98.2 Å². The molecule has 0 aliphatic heterocycles. The van der Waals surface area contributed by atoms with Crippen LogP contribution in [0.2, 0.25) is 0 Å². The van der Waals surface area contributed by atoms with Crippen molar-refractivity contribution in [1.29, 1.82) is 0 Å². The highest BCUT2D eigenvalue weighted by molar-refractivity contribution is 6.06. The van der Waals surface area contributed by atoms with Crippen LogP contribution < -0.4 is 9.47 Å². The SMILES string of the molecule is Cc1cc(/C=C/C(=O)c2ccc(OCCC3CCCCC3)cc2)cc(C)c1OC(C)(C)C(=O)OC(C)(C)C. The van der Waals surface area contributed by atoms with E-state index in [0.29, 0.717) is 11.3 Å². The van der Waals surface area contributed by atoms with Gasteiger partial charge in [0.2, 0.25) is 0 Å². The van der Waals surface area contributed by atoms with Crippen LogP contribution in [-0.4, -0.2) is 29.6 Å². The molecule has 0 aromatic heterocycles. The largest absolute Gasteiger partial charge is 0.494 e. The van der Waals surface area contributed by atoms with Crippen LogP contribution in [0.4, 0.5) is 0 Å². The molecule has 38 heavy (non-hydrogen) atoms. The van der Waals surface area contributed by atoms with E-state index >= 15 is 0 Å². The van der Waals surface area contributed by atoms with Gasteiger partial charge in [-0.05, 0) is 120 Å². The number of carbonyl (C=O) groups is 2. The van der Waals surface area contributed by atoms with Crippen molar-refractivity contribution in [1.82, 2.24) is 0 Å². The Morgan fingerprint density at radius 3 is 2.11 bits per heavy atom. The van der Waals surface area contributed by atoms with Gasteiger partial charge in [0.1, 0.15) is 17.1 Å². The van der Waals surface area contributed by atoms with E-state index in [4.69, 9.17) is 14.2 Å². The minimum absolute atomic E-state index is 0.0690. The van der Waals surface area contributed by atoms with E-state index in [0.717, 1.165) is 41.4 Å². The topological polar surface area (TPSA) is 61.8 Å². The van der Waals surface area contributed by atoms with Gasteiger partial charge in [0, 0.05) is 5.56 Å². The van der Waals surface area contributed by atoms with Crippen LogP contribution in [0.3, 0.4) is 0 Å². The van der Waals surface area contributed by atoms with Gasteiger partial charge in [0.15, 0.2) is 11.4 Å². The van der Waals surface area contributed by atoms with Crippen molar-refractivity contribution >= 4 is 17.8 Å². The van der Waals surface area contributed by atoms with Crippen LogP contribution in [-0.2, 0) is 9.53 Å². The van der Waals surface area contributed by atoms with Gasteiger partial charge in [0.05, 0.1) is 6.61 Å². The van der Waals surface area contributed by atoms with Crippen molar-refractivity contribution < 1.29 is 23.8 Å². The summed E-state index contributed by atoms with van der Waals surface area (Å²) in [6.07, 6.45) is 11.2. The second-order valence-corrected chi connectivity index (χ2v) is 12.0. The third-order valence-electron chi connectivity index (χ3n) is 6.82. The minimum Gasteiger partial charge on any atom is -0.494 e. The summed E-state index contributed by atoms with van der Waals surface area (Å²) in [6, 6.07) is 11.3. The van der Waals surface area contributed by atoms with Crippen LogP contribution in [0, 0.1) is 19.8 Å². The third kappa shape index (κ3) is 8.75. The lowest BCUT2D eigenvalue weighted by Crippen LogP contribution is -2.43. The molecule has 206 valence electrons. The molecule has 0 bridgehead atoms. The first-order chi connectivity index (χ1) is 17.8. The molecule has 2 aromatic rings. The fourth-order valence-electron chi connectivity index (χ4n) is 4.74. The Kier molecular flexibility index (Phi) is 9.81. The molecule has 0 atom stereocenters. The lowest BCUT2D eigenvalue weighted by molar-refractivity contribution is -0.171. The molecule has 0 heterocycles. The van der Waals surface area contributed by atoms with Crippen LogP contribution in [0.25, 0.3) is 6.08 Å². The summed E-state index contributed by atoms with van der Waals surface area (Å²) >= 11 is 0. The predicted molar refractivity (Wildman–Crippen MR) is 153 cm³/mol. The van der Waals surface area contributed by atoms with E-state index < -0.39 is 17.2 Å². The van der Waals surface area contributed by atoms with Crippen LogP contribution in [0.15, 0.2) is 42.5 Å². The van der Waals surface area contributed by atoms with Crippen molar-refractivity contribution in [2.24, 2.45) is 5.92 Å². The molecule has 0 saturated heterocycles. The van der Waals surface area contributed by atoms with Crippen molar-refractivity contribution in [3.8, 4) is 11.5 Å². The summed E-state index contributed by atoms with van der Waals surface area (Å²) in [4.78, 5) is 25.4. The van der Waals surface area contributed by atoms with Crippen molar-refractivity contribution in [3.05, 3.63) is 64.7 Å². The van der Waals surface area contributed by atoms with E-state index in [-0.39, 0.29) is 5.78 Å². The van der Waals surface area contributed by atoms with Gasteiger partial charge in [-0.1, -0.05) is 38.2 Å². The van der Waals surface area contributed by atoms with Gasteiger partial charge in [-0.3, -0.25) is 4.79 Å². The van der Waals surface area contributed by atoms with Gasteiger partial charge in [-0.25, -0.2) is 4.79 Å². The van der Waals surface area contributed by atoms with Gasteiger partial charge >= 0.3 is 5.97 Å². The molecule has 1 aliphatic carbocycles. The molecule has 1 saturated carbocycles. The van der Waals surface area contributed by atoms with Crippen molar-refractivity contribution in [2.75, 3.05) is 6.61 Å². The average Bonchev–Trinajstić information content (AvgIpc) is 2.85.